The van der Waals surface area contributed by atoms with Crippen LogP contribution in [0.2, 0.25) is 0 Å². The Morgan fingerprint density at radius 1 is 1.04 bits per heavy atom. The maximum Gasteiger partial charge on any atom is 0.410 e. The number of fused-ring (bicyclic) bond motifs is 3. The zero-order valence-electron chi connectivity index (χ0n) is 29.2. The van der Waals surface area contributed by atoms with Gasteiger partial charge in [-0.1, -0.05) is 11.3 Å². The first-order valence-electron chi connectivity index (χ1n) is 17.5. The third kappa shape index (κ3) is 6.96. The van der Waals surface area contributed by atoms with E-state index in [0.29, 0.717) is 43.3 Å². The first-order chi connectivity index (χ1) is 24.0. The molecular formula is C36H44N10O3S. The number of nitrogens with zero attached hydrogens (tertiary/aromatic N) is 8. The van der Waals surface area contributed by atoms with Crippen molar-refractivity contribution in [1.29, 1.82) is 5.26 Å². The van der Waals surface area contributed by atoms with Gasteiger partial charge in [-0.05, 0) is 96.4 Å². The molecule has 14 heteroatoms. The van der Waals surface area contributed by atoms with Crippen molar-refractivity contribution >= 4 is 39.7 Å². The molecule has 13 nitrogen and oxygen atoms in total. The topological polar surface area (TPSA) is 154 Å². The number of piperidine rings is 2. The molecule has 3 aliphatic rings. The summed E-state index contributed by atoms with van der Waals surface area (Å²) in [6, 6.07) is 10.2. The van der Waals surface area contributed by atoms with Gasteiger partial charge in [-0.3, -0.25) is 9.78 Å². The molecule has 2 N–H and O–H groups in total. The summed E-state index contributed by atoms with van der Waals surface area (Å²) >= 11 is 1.56. The highest BCUT2D eigenvalue weighted by Crippen LogP contribution is 2.42. The van der Waals surface area contributed by atoms with Gasteiger partial charge in [0.05, 0.1) is 34.2 Å². The standard InChI is InChI=1S/C36H44N10O3S/c1-21(2)40-28-15-29(30-9-8-26-14-22(16-37)17-39-46(26)30)38-18-27(28)33-42-43-34(50-33)45-19-24-6-7-25(20-45)31(24)41-32(47)23-10-12-44(13-11-23)35(48)49-36(3,4)5/h8-9,14-15,17-18,21,23-25,31H,6-7,10-13,19-20H2,1-5H3,(H,38,40)(H,41,47)/t24-,25+,31+. The fourth-order valence-electron chi connectivity index (χ4n) is 7.45. The van der Waals surface area contributed by atoms with E-state index in [9.17, 15) is 14.9 Å². The number of pyridine rings is 1. The van der Waals surface area contributed by atoms with Gasteiger partial charge >= 0.3 is 6.09 Å². The molecule has 2 saturated heterocycles. The zero-order valence-corrected chi connectivity index (χ0v) is 30.0. The number of aromatic nitrogens is 5. The van der Waals surface area contributed by atoms with E-state index < -0.39 is 5.60 Å². The summed E-state index contributed by atoms with van der Waals surface area (Å²) in [6.07, 6.45) is 6.55. The maximum atomic E-state index is 13.4. The maximum absolute atomic E-state index is 13.4. The Labute approximate surface area is 296 Å². The second-order valence-corrected chi connectivity index (χ2v) is 15.9. The molecule has 2 amide bonds. The van der Waals surface area contributed by atoms with E-state index in [2.05, 4.69) is 50.7 Å². The van der Waals surface area contributed by atoms with Gasteiger partial charge in [-0.2, -0.15) is 10.4 Å². The minimum atomic E-state index is -0.532. The van der Waals surface area contributed by atoms with Crippen molar-refractivity contribution in [3.05, 3.63) is 42.2 Å². The number of likely N-dealkylation sites (tertiary alicyclic amines) is 1. The second-order valence-electron chi connectivity index (χ2n) is 15.0. The lowest BCUT2D eigenvalue weighted by molar-refractivity contribution is -0.127. The summed E-state index contributed by atoms with van der Waals surface area (Å²) in [5.74, 6) is 0.718. The molecule has 4 aromatic rings. The lowest BCUT2D eigenvalue weighted by atomic mass is 9.90. The van der Waals surface area contributed by atoms with Crippen LogP contribution in [0.3, 0.4) is 0 Å². The molecule has 4 aromatic heterocycles. The van der Waals surface area contributed by atoms with Crippen molar-refractivity contribution < 1.29 is 14.3 Å². The number of ether oxygens (including phenoxy) is 1. The summed E-state index contributed by atoms with van der Waals surface area (Å²) in [6.45, 7) is 12.5. The average molecular weight is 697 g/mol. The van der Waals surface area contributed by atoms with Crippen LogP contribution < -0.4 is 15.5 Å². The van der Waals surface area contributed by atoms with Crippen molar-refractivity contribution in [3.63, 3.8) is 0 Å². The molecule has 3 atom stereocenters. The number of carbonyl (C=O) groups is 2. The number of rotatable bonds is 7. The van der Waals surface area contributed by atoms with E-state index in [4.69, 9.17) is 9.72 Å². The van der Waals surface area contributed by atoms with E-state index >= 15 is 0 Å². The summed E-state index contributed by atoms with van der Waals surface area (Å²) in [5.41, 5.74) is 4.19. The molecule has 3 fully saturated rings. The van der Waals surface area contributed by atoms with Crippen LogP contribution in [0.1, 0.15) is 65.9 Å². The Morgan fingerprint density at radius 2 is 1.78 bits per heavy atom. The molecule has 0 radical (unpaired) electrons. The molecular weight excluding hydrogens is 653 g/mol. The highest BCUT2D eigenvalue weighted by atomic mass is 32.1. The van der Waals surface area contributed by atoms with Gasteiger partial charge < -0.3 is 25.2 Å². The minimum absolute atomic E-state index is 0.0883. The summed E-state index contributed by atoms with van der Waals surface area (Å²) in [4.78, 5) is 34.7. The SMILES string of the molecule is CC(C)Nc1cc(-c2ccc3cc(C#N)cnn23)ncc1-c1nnc(N2C[C@H]3CC[C@@H](C2)[C@H]3NC(=O)C2CCN(C(=O)OC(C)(C)C)CC2)s1. The van der Waals surface area contributed by atoms with E-state index in [-0.39, 0.29) is 30.0 Å². The Balaban J connectivity index is 1.01. The third-order valence-electron chi connectivity index (χ3n) is 9.82. The molecule has 0 spiro atoms. The summed E-state index contributed by atoms with van der Waals surface area (Å²) < 4.78 is 7.31. The molecule has 2 bridgehead atoms. The molecule has 0 aromatic carbocycles. The number of hydrogen-bond donors (Lipinski definition) is 2. The van der Waals surface area contributed by atoms with Gasteiger partial charge in [-0.25, -0.2) is 9.31 Å². The normalized spacial score (nSPS) is 21.0. The van der Waals surface area contributed by atoms with E-state index in [1.807, 2.05) is 51.2 Å². The lowest BCUT2D eigenvalue weighted by Gasteiger charge is -2.39. The van der Waals surface area contributed by atoms with Crippen LogP contribution >= 0.6 is 11.3 Å². The van der Waals surface area contributed by atoms with Crippen LogP contribution in [-0.2, 0) is 9.53 Å². The van der Waals surface area contributed by atoms with Gasteiger partial charge in [0.25, 0.3) is 0 Å². The molecule has 7 rings (SSSR count). The van der Waals surface area contributed by atoms with Gasteiger partial charge in [-0.15, -0.1) is 10.2 Å². The van der Waals surface area contributed by atoms with Crippen molar-refractivity contribution in [1.82, 2.24) is 35.0 Å². The van der Waals surface area contributed by atoms with E-state index in [0.717, 1.165) is 64.2 Å². The van der Waals surface area contributed by atoms with Gasteiger partial charge in [0, 0.05) is 56.1 Å². The molecule has 2 aliphatic heterocycles. The monoisotopic (exact) mass is 696 g/mol. The number of nitriles is 1. The van der Waals surface area contributed by atoms with Crippen molar-refractivity contribution in [2.24, 2.45) is 17.8 Å². The smallest absolute Gasteiger partial charge is 0.410 e. The fraction of sp³-hybridized carbons (Fsp3) is 0.528. The highest BCUT2D eigenvalue weighted by Gasteiger charge is 2.44. The fourth-order valence-corrected chi connectivity index (χ4v) is 8.34. The quantitative estimate of drug-likeness (QED) is 0.250. The van der Waals surface area contributed by atoms with Crippen molar-refractivity contribution in [2.75, 3.05) is 36.4 Å². The molecule has 6 heterocycles. The number of hydrogen-bond acceptors (Lipinski definition) is 11. The number of amides is 2. The molecule has 1 aliphatic carbocycles. The van der Waals surface area contributed by atoms with Crippen LogP contribution in [0, 0.1) is 29.1 Å². The minimum Gasteiger partial charge on any atom is -0.444 e. The van der Waals surface area contributed by atoms with Crippen LogP contribution in [0.4, 0.5) is 15.6 Å². The highest BCUT2D eigenvalue weighted by molar-refractivity contribution is 7.18. The Kier molecular flexibility index (Phi) is 9.11. The molecule has 1 saturated carbocycles. The number of anilines is 2. The third-order valence-corrected chi connectivity index (χ3v) is 10.8. The zero-order chi connectivity index (χ0) is 35.2. The first kappa shape index (κ1) is 33.7. The van der Waals surface area contributed by atoms with Crippen molar-refractivity contribution in [3.8, 4) is 28.0 Å². The van der Waals surface area contributed by atoms with E-state index in [1.165, 1.54) is 0 Å². The predicted molar refractivity (Wildman–Crippen MR) is 192 cm³/mol. The largest absolute Gasteiger partial charge is 0.444 e. The molecule has 262 valence electrons. The summed E-state index contributed by atoms with van der Waals surface area (Å²) in [5, 5.41) is 31.6. The Hall–Kier alpha value is -4.77. The Bertz CT molecular complexity index is 1920. The first-order valence-corrected chi connectivity index (χ1v) is 18.3. The Morgan fingerprint density at radius 3 is 2.46 bits per heavy atom. The van der Waals surface area contributed by atoms with Gasteiger partial charge in [0.15, 0.2) is 5.01 Å². The predicted octanol–water partition coefficient (Wildman–Crippen LogP) is 5.58. The van der Waals surface area contributed by atoms with Gasteiger partial charge in [0.2, 0.25) is 11.0 Å². The van der Waals surface area contributed by atoms with Crippen LogP contribution in [0.5, 0.6) is 0 Å². The second kappa shape index (κ2) is 13.5. The molecule has 50 heavy (non-hydrogen) atoms. The van der Waals surface area contributed by atoms with Crippen LogP contribution in [-0.4, -0.2) is 85.6 Å². The summed E-state index contributed by atoms with van der Waals surface area (Å²) in [7, 11) is 0. The average Bonchev–Trinajstić information content (AvgIpc) is 3.79. The van der Waals surface area contributed by atoms with Crippen LogP contribution in [0.25, 0.3) is 27.5 Å². The van der Waals surface area contributed by atoms with Gasteiger partial charge in [0.1, 0.15) is 11.7 Å². The number of nitrogens with one attached hydrogen (secondary N) is 2. The molecule has 0 unspecified atom stereocenters. The van der Waals surface area contributed by atoms with E-state index in [1.54, 1.807) is 26.9 Å². The number of carbonyl (C=O) groups excluding carboxylic acids is 2. The van der Waals surface area contributed by atoms with Crippen LogP contribution in [0.15, 0.2) is 36.7 Å². The lowest BCUT2D eigenvalue weighted by Crippen LogP contribution is -2.54. The van der Waals surface area contributed by atoms with Crippen molar-refractivity contribution in [2.45, 2.75) is 78.0 Å².